The number of β-amino-alcohol motifs (C(OH)–C–C–N with tert-alkyl or cyclic N) is 1. The summed E-state index contributed by atoms with van der Waals surface area (Å²) < 4.78 is 36.4. The standard InChI is InChI=1S/C12H14F3NOS/c13-12(14,15)18-11-3-1-9(2-4-11)7-16-6-5-10(17)8-16/h1-4,10,17H,5-8H2/t10-/m1/s1. The van der Waals surface area contributed by atoms with Crippen molar-refractivity contribution < 1.29 is 18.3 Å². The highest BCUT2D eigenvalue weighted by atomic mass is 32.2. The molecular weight excluding hydrogens is 263 g/mol. The number of rotatable bonds is 3. The van der Waals surface area contributed by atoms with Gasteiger partial charge in [0.2, 0.25) is 0 Å². The molecule has 1 saturated heterocycles. The third kappa shape index (κ3) is 4.19. The van der Waals surface area contributed by atoms with Crippen LogP contribution in [0.25, 0.3) is 0 Å². The molecule has 18 heavy (non-hydrogen) atoms. The van der Waals surface area contributed by atoms with Gasteiger partial charge in [0.15, 0.2) is 0 Å². The first-order valence-electron chi connectivity index (χ1n) is 5.67. The van der Waals surface area contributed by atoms with Crippen molar-refractivity contribution >= 4 is 11.8 Å². The summed E-state index contributed by atoms with van der Waals surface area (Å²) in [4.78, 5) is 2.30. The van der Waals surface area contributed by atoms with Crippen LogP contribution in [0.1, 0.15) is 12.0 Å². The van der Waals surface area contributed by atoms with Gasteiger partial charge in [-0.2, -0.15) is 13.2 Å². The fourth-order valence-electron chi connectivity index (χ4n) is 2.01. The van der Waals surface area contributed by atoms with Gasteiger partial charge in [0, 0.05) is 24.5 Å². The fraction of sp³-hybridized carbons (Fsp3) is 0.500. The van der Waals surface area contributed by atoms with E-state index in [0.717, 1.165) is 18.5 Å². The lowest BCUT2D eigenvalue weighted by Crippen LogP contribution is -2.21. The van der Waals surface area contributed by atoms with Crippen molar-refractivity contribution in [2.45, 2.75) is 29.5 Å². The number of benzene rings is 1. The molecule has 0 bridgehead atoms. The van der Waals surface area contributed by atoms with Crippen LogP contribution in [0.3, 0.4) is 0 Å². The summed E-state index contributed by atoms with van der Waals surface area (Å²) in [6.07, 6.45) is 0.493. The maximum absolute atomic E-state index is 12.1. The first kappa shape index (κ1) is 13.7. The Morgan fingerprint density at radius 3 is 2.44 bits per heavy atom. The number of alkyl halides is 3. The van der Waals surface area contributed by atoms with Crippen LogP contribution in [-0.4, -0.2) is 34.7 Å². The van der Waals surface area contributed by atoms with Crippen LogP contribution in [-0.2, 0) is 6.54 Å². The quantitative estimate of drug-likeness (QED) is 0.859. The van der Waals surface area contributed by atoms with Crippen LogP contribution in [0.2, 0.25) is 0 Å². The third-order valence-electron chi connectivity index (χ3n) is 2.81. The highest BCUT2D eigenvalue weighted by Crippen LogP contribution is 2.36. The highest BCUT2D eigenvalue weighted by molar-refractivity contribution is 8.00. The van der Waals surface area contributed by atoms with Crippen molar-refractivity contribution in [3.63, 3.8) is 0 Å². The summed E-state index contributed by atoms with van der Waals surface area (Å²) in [6, 6.07) is 6.39. The molecule has 2 nitrogen and oxygen atoms in total. The number of nitrogens with zero attached hydrogens (tertiary/aromatic N) is 1. The Kier molecular flexibility index (Phi) is 4.19. The second-order valence-electron chi connectivity index (χ2n) is 4.37. The fourth-order valence-corrected chi connectivity index (χ4v) is 2.55. The van der Waals surface area contributed by atoms with E-state index in [0.29, 0.717) is 13.1 Å². The molecule has 1 N–H and O–H groups in total. The normalized spacial score (nSPS) is 21.4. The molecule has 1 aromatic rings. The molecule has 1 atom stereocenters. The largest absolute Gasteiger partial charge is 0.446 e. The average molecular weight is 277 g/mol. The minimum atomic E-state index is -4.24. The zero-order chi connectivity index (χ0) is 13.2. The summed E-state index contributed by atoms with van der Waals surface area (Å²) in [7, 11) is 0. The first-order chi connectivity index (χ1) is 8.42. The summed E-state index contributed by atoms with van der Waals surface area (Å²) in [6.45, 7) is 2.15. The summed E-state index contributed by atoms with van der Waals surface area (Å²) in [5.74, 6) is 0. The van der Waals surface area contributed by atoms with E-state index in [4.69, 9.17) is 0 Å². The van der Waals surface area contributed by atoms with Gasteiger partial charge in [-0.3, -0.25) is 4.90 Å². The minimum Gasteiger partial charge on any atom is -0.392 e. The molecule has 1 aliphatic heterocycles. The van der Waals surface area contributed by atoms with Gasteiger partial charge < -0.3 is 5.11 Å². The van der Waals surface area contributed by atoms with E-state index >= 15 is 0 Å². The molecule has 1 heterocycles. The number of likely N-dealkylation sites (tertiary alicyclic amines) is 1. The van der Waals surface area contributed by atoms with Crippen LogP contribution >= 0.6 is 11.8 Å². The van der Waals surface area contributed by atoms with E-state index < -0.39 is 5.51 Å². The number of hydrogen-bond donors (Lipinski definition) is 1. The van der Waals surface area contributed by atoms with Crippen molar-refractivity contribution in [3.8, 4) is 0 Å². The molecule has 100 valence electrons. The van der Waals surface area contributed by atoms with Gasteiger partial charge in [-0.1, -0.05) is 12.1 Å². The van der Waals surface area contributed by atoms with Crippen molar-refractivity contribution in [2.75, 3.05) is 13.1 Å². The van der Waals surface area contributed by atoms with Crippen molar-refractivity contribution in [1.82, 2.24) is 4.90 Å². The van der Waals surface area contributed by atoms with E-state index in [1.54, 1.807) is 12.1 Å². The molecule has 0 radical (unpaired) electrons. The van der Waals surface area contributed by atoms with Gasteiger partial charge in [-0.25, -0.2) is 0 Å². The minimum absolute atomic E-state index is 0.101. The molecule has 2 rings (SSSR count). The number of aliphatic hydroxyl groups is 1. The Balaban J connectivity index is 1.91. The van der Waals surface area contributed by atoms with Gasteiger partial charge in [-0.15, -0.1) is 0 Å². The number of thioether (sulfide) groups is 1. The van der Waals surface area contributed by atoms with Crippen LogP contribution < -0.4 is 0 Å². The monoisotopic (exact) mass is 277 g/mol. The van der Waals surface area contributed by atoms with E-state index in [9.17, 15) is 18.3 Å². The average Bonchev–Trinajstić information content (AvgIpc) is 2.65. The Morgan fingerprint density at radius 1 is 1.28 bits per heavy atom. The molecular formula is C12H14F3NOS. The molecule has 0 saturated carbocycles. The van der Waals surface area contributed by atoms with E-state index in [2.05, 4.69) is 4.90 Å². The Morgan fingerprint density at radius 2 is 1.94 bits per heavy atom. The molecule has 6 heteroatoms. The highest BCUT2D eigenvalue weighted by Gasteiger charge is 2.29. The Labute approximate surface area is 108 Å². The Bertz CT molecular complexity index is 393. The van der Waals surface area contributed by atoms with E-state index in [1.165, 1.54) is 12.1 Å². The van der Waals surface area contributed by atoms with Gasteiger partial charge in [0.05, 0.1) is 6.10 Å². The second-order valence-corrected chi connectivity index (χ2v) is 5.51. The maximum Gasteiger partial charge on any atom is 0.446 e. The maximum atomic E-state index is 12.1. The first-order valence-corrected chi connectivity index (χ1v) is 6.49. The van der Waals surface area contributed by atoms with Crippen LogP contribution in [0, 0.1) is 0 Å². The number of halogens is 3. The topological polar surface area (TPSA) is 23.5 Å². The second kappa shape index (κ2) is 5.50. The predicted octanol–water partition coefficient (Wildman–Crippen LogP) is 2.87. The lowest BCUT2D eigenvalue weighted by atomic mass is 10.2. The van der Waals surface area contributed by atoms with Gasteiger partial charge in [-0.05, 0) is 35.9 Å². The van der Waals surface area contributed by atoms with Gasteiger partial charge >= 0.3 is 5.51 Å². The molecule has 1 aliphatic rings. The molecule has 0 spiro atoms. The van der Waals surface area contributed by atoms with Gasteiger partial charge in [0.25, 0.3) is 0 Å². The SMILES string of the molecule is O[C@@H]1CCN(Cc2ccc(SC(F)(F)F)cc2)C1. The van der Waals surface area contributed by atoms with Gasteiger partial charge in [0.1, 0.15) is 0 Å². The van der Waals surface area contributed by atoms with Crippen molar-refractivity contribution in [3.05, 3.63) is 29.8 Å². The molecule has 0 aromatic heterocycles. The van der Waals surface area contributed by atoms with E-state index in [1.807, 2.05) is 0 Å². The van der Waals surface area contributed by atoms with E-state index in [-0.39, 0.29) is 22.8 Å². The summed E-state index contributed by atoms with van der Waals surface area (Å²) in [5, 5.41) is 9.38. The number of aliphatic hydroxyl groups excluding tert-OH is 1. The molecule has 0 amide bonds. The Hall–Kier alpha value is -0.720. The summed E-state index contributed by atoms with van der Waals surface area (Å²) in [5.41, 5.74) is -3.27. The van der Waals surface area contributed by atoms with Crippen LogP contribution in [0.15, 0.2) is 29.2 Å². The molecule has 0 aliphatic carbocycles. The smallest absolute Gasteiger partial charge is 0.392 e. The zero-order valence-electron chi connectivity index (χ0n) is 9.65. The lowest BCUT2D eigenvalue weighted by Gasteiger charge is -2.15. The molecule has 1 aromatic carbocycles. The zero-order valence-corrected chi connectivity index (χ0v) is 10.5. The number of hydrogen-bond acceptors (Lipinski definition) is 3. The lowest BCUT2D eigenvalue weighted by molar-refractivity contribution is -0.0328. The van der Waals surface area contributed by atoms with Crippen molar-refractivity contribution in [2.24, 2.45) is 0 Å². The third-order valence-corrected chi connectivity index (χ3v) is 3.55. The van der Waals surface area contributed by atoms with Crippen LogP contribution in [0.4, 0.5) is 13.2 Å². The predicted molar refractivity (Wildman–Crippen MR) is 64.3 cm³/mol. The molecule has 0 unspecified atom stereocenters. The molecule has 1 fully saturated rings. The van der Waals surface area contributed by atoms with Crippen LogP contribution in [0.5, 0.6) is 0 Å². The summed E-state index contributed by atoms with van der Waals surface area (Å²) >= 11 is -0.101. The van der Waals surface area contributed by atoms with Crippen molar-refractivity contribution in [1.29, 1.82) is 0 Å².